The molecule has 2 N–H and O–H groups in total. The lowest BCUT2D eigenvalue weighted by Gasteiger charge is -2.09. The molecule has 0 aromatic heterocycles. The van der Waals surface area contributed by atoms with E-state index >= 15 is 0 Å². The van der Waals surface area contributed by atoms with E-state index in [1.54, 1.807) is 0 Å². The first-order valence-electron chi connectivity index (χ1n) is 8.91. The number of hydrogen-bond acceptors (Lipinski definition) is 5. The molecule has 0 aliphatic carbocycles. The number of carboxylic acid groups (broad SMARTS) is 2. The number of carboxylic acids is 2. The molecule has 0 saturated carbocycles. The Morgan fingerprint density at radius 2 is 1.64 bits per heavy atom. The van der Waals surface area contributed by atoms with Gasteiger partial charge in [0.15, 0.2) is 0 Å². The van der Waals surface area contributed by atoms with E-state index in [2.05, 4.69) is 42.1 Å². The molecule has 0 saturated heterocycles. The number of benzene rings is 1. The van der Waals surface area contributed by atoms with Gasteiger partial charge in [-0.2, -0.15) is 0 Å². The van der Waals surface area contributed by atoms with Crippen LogP contribution in [0.3, 0.4) is 0 Å². The summed E-state index contributed by atoms with van der Waals surface area (Å²) in [4.78, 5) is 26.6. The quantitative estimate of drug-likeness (QED) is 0.275. The van der Waals surface area contributed by atoms with Crippen molar-refractivity contribution in [2.45, 2.75) is 20.3 Å². The van der Waals surface area contributed by atoms with Gasteiger partial charge in [0.05, 0.1) is 5.71 Å². The predicted octanol–water partition coefficient (Wildman–Crippen LogP) is 3.39. The summed E-state index contributed by atoms with van der Waals surface area (Å²) in [5.74, 6) is -1.95. The highest BCUT2D eigenvalue weighted by molar-refractivity contribution is 5.98. The van der Waals surface area contributed by atoms with E-state index in [9.17, 15) is 9.59 Å². The summed E-state index contributed by atoms with van der Waals surface area (Å²) in [7, 11) is 4.05. The second-order valence-electron chi connectivity index (χ2n) is 6.57. The van der Waals surface area contributed by atoms with Crippen molar-refractivity contribution in [3.63, 3.8) is 0 Å². The van der Waals surface area contributed by atoms with Crippen molar-refractivity contribution in [3.05, 3.63) is 54.1 Å². The average molecular weight is 390 g/mol. The van der Waals surface area contributed by atoms with Crippen LogP contribution in [0, 0.1) is 5.92 Å². The van der Waals surface area contributed by atoms with Crippen LogP contribution < -0.4 is 0 Å². The third-order valence-electron chi connectivity index (χ3n) is 3.07. The van der Waals surface area contributed by atoms with E-state index in [0.717, 1.165) is 18.7 Å². The smallest absolute Gasteiger partial charge is 0.328 e. The monoisotopic (exact) mass is 390 g/mol. The first-order valence-corrected chi connectivity index (χ1v) is 8.91. The van der Waals surface area contributed by atoms with Crippen LogP contribution in [-0.2, 0) is 14.4 Å². The fourth-order valence-electron chi connectivity index (χ4n) is 1.81. The molecule has 154 valence electrons. The molecule has 0 atom stereocenters. The Morgan fingerprint density at radius 1 is 1.07 bits per heavy atom. The maximum Gasteiger partial charge on any atom is 0.328 e. The van der Waals surface area contributed by atoms with E-state index < -0.39 is 11.9 Å². The maximum absolute atomic E-state index is 9.55. The van der Waals surface area contributed by atoms with Gasteiger partial charge in [0.2, 0.25) is 0 Å². The maximum atomic E-state index is 9.55. The predicted molar refractivity (Wildman–Crippen MR) is 111 cm³/mol. The molecule has 7 nitrogen and oxygen atoms in total. The van der Waals surface area contributed by atoms with Crippen molar-refractivity contribution in [1.29, 1.82) is 0 Å². The van der Waals surface area contributed by atoms with Crippen molar-refractivity contribution in [1.82, 2.24) is 4.90 Å². The Bertz CT molecular complexity index is 649. The molecule has 1 aromatic carbocycles. The number of oxime groups is 1. The zero-order valence-corrected chi connectivity index (χ0v) is 16.9. The highest BCUT2D eigenvalue weighted by Gasteiger charge is 2.01. The lowest BCUT2D eigenvalue weighted by atomic mass is 10.1. The van der Waals surface area contributed by atoms with Gasteiger partial charge in [0.1, 0.15) is 6.61 Å². The molecule has 0 aliphatic heterocycles. The number of likely N-dealkylation sites (N-methyl/N-ethyl adjacent to an activating group) is 1. The largest absolute Gasteiger partial charge is 0.478 e. The summed E-state index contributed by atoms with van der Waals surface area (Å²) >= 11 is 0. The van der Waals surface area contributed by atoms with Crippen LogP contribution in [0.25, 0.3) is 6.08 Å². The van der Waals surface area contributed by atoms with Gasteiger partial charge in [-0.15, -0.1) is 0 Å². The van der Waals surface area contributed by atoms with Gasteiger partial charge in [-0.3, -0.25) is 0 Å². The van der Waals surface area contributed by atoms with Crippen molar-refractivity contribution in [2.75, 3.05) is 27.2 Å². The van der Waals surface area contributed by atoms with E-state index in [0.29, 0.717) is 24.7 Å². The average Bonchev–Trinajstić information content (AvgIpc) is 2.62. The Morgan fingerprint density at radius 3 is 2.11 bits per heavy atom. The van der Waals surface area contributed by atoms with Crippen LogP contribution in [0.4, 0.5) is 0 Å². The number of carbonyl (C=O) groups is 2. The van der Waals surface area contributed by atoms with E-state index in [1.165, 1.54) is 5.56 Å². The molecule has 1 rings (SSSR count). The van der Waals surface area contributed by atoms with Crippen LogP contribution >= 0.6 is 0 Å². The summed E-state index contributed by atoms with van der Waals surface area (Å²) in [5, 5.41) is 19.9. The number of nitrogens with zero attached hydrogens (tertiary/aromatic N) is 2. The molecule has 0 aliphatic rings. The van der Waals surface area contributed by atoms with Crippen molar-refractivity contribution < 1.29 is 24.6 Å². The summed E-state index contributed by atoms with van der Waals surface area (Å²) in [6.45, 7) is 5.87. The van der Waals surface area contributed by atoms with E-state index in [1.807, 2.05) is 38.4 Å². The Balaban J connectivity index is 0.000000769. The second-order valence-corrected chi connectivity index (χ2v) is 6.57. The molecule has 0 fully saturated rings. The molecule has 0 heterocycles. The minimum absolute atomic E-state index is 0.558. The number of aliphatic carboxylic acids is 2. The van der Waals surface area contributed by atoms with Crippen LogP contribution in [0.15, 0.2) is 53.7 Å². The van der Waals surface area contributed by atoms with Gasteiger partial charge < -0.3 is 20.0 Å². The first-order chi connectivity index (χ1) is 13.2. The molecule has 0 bridgehead atoms. The second kappa shape index (κ2) is 15.2. The number of hydrogen-bond donors (Lipinski definition) is 2. The summed E-state index contributed by atoms with van der Waals surface area (Å²) in [6, 6.07) is 10.2. The molecule has 0 radical (unpaired) electrons. The van der Waals surface area contributed by atoms with Gasteiger partial charge in [0.25, 0.3) is 0 Å². The fraction of sp³-hybridized carbons (Fsp3) is 0.381. The van der Waals surface area contributed by atoms with Gasteiger partial charge in [0, 0.05) is 18.7 Å². The van der Waals surface area contributed by atoms with Gasteiger partial charge in [-0.25, -0.2) is 9.59 Å². The zero-order valence-electron chi connectivity index (χ0n) is 16.9. The third kappa shape index (κ3) is 16.5. The highest BCUT2D eigenvalue weighted by Crippen LogP contribution is 2.07. The molecular weight excluding hydrogens is 360 g/mol. The molecule has 0 spiro atoms. The Kier molecular flexibility index (Phi) is 13.6. The van der Waals surface area contributed by atoms with Gasteiger partial charge in [-0.1, -0.05) is 55.4 Å². The van der Waals surface area contributed by atoms with Crippen LogP contribution in [-0.4, -0.2) is 60.0 Å². The van der Waals surface area contributed by atoms with E-state index in [-0.39, 0.29) is 0 Å². The lowest BCUT2D eigenvalue weighted by molar-refractivity contribution is -0.134. The minimum atomic E-state index is -1.26. The van der Waals surface area contributed by atoms with Crippen LogP contribution in [0.2, 0.25) is 0 Å². The summed E-state index contributed by atoms with van der Waals surface area (Å²) in [6.07, 6.45) is 6.16. The SMILES string of the molecule is CC(C)CC(/C=C/c1ccccc1)=N\OCCN(C)C.O=C(O)/C=C/C(=O)O. The van der Waals surface area contributed by atoms with Crippen molar-refractivity contribution in [2.24, 2.45) is 11.1 Å². The number of allylic oxidation sites excluding steroid dienone is 1. The van der Waals surface area contributed by atoms with Crippen molar-refractivity contribution in [3.8, 4) is 0 Å². The molecule has 0 unspecified atom stereocenters. The molecule has 0 amide bonds. The number of rotatable bonds is 10. The summed E-state index contributed by atoms with van der Waals surface area (Å²) in [5.41, 5.74) is 2.17. The Hall–Kier alpha value is -2.93. The minimum Gasteiger partial charge on any atom is -0.478 e. The van der Waals surface area contributed by atoms with Crippen LogP contribution in [0.5, 0.6) is 0 Å². The molecule has 7 heteroatoms. The standard InChI is InChI=1S/C17H26N2O.C4H4O4/c1-15(2)14-17(18-20-13-12-19(3)4)11-10-16-8-6-5-7-9-16;5-3(6)1-2-4(7)8/h5-11,15H,12-14H2,1-4H3;1-2H,(H,5,6)(H,7,8)/b11-10+,18-17-;2-1+. The molecule has 1 aromatic rings. The van der Waals surface area contributed by atoms with Gasteiger partial charge >= 0.3 is 11.9 Å². The Labute approximate surface area is 166 Å². The fourth-order valence-corrected chi connectivity index (χ4v) is 1.81. The molecular formula is C21H30N2O5. The van der Waals surface area contributed by atoms with Crippen LogP contribution in [0.1, 0.15) is 25.8 Å². The topological polar surface area (TPSA) is 99.4 Å². The zero-order chi connectivity index (χ0) is 21.4. The molecule has 28 heavy (non-hydrogen) atoms. The highest BCUT2D eigenvalue weighted by atomic mass is 16.6. The lowest BCUT2D eigenvalue weighted by Crippen LogP contribution is -2.17. The van der Waals surface area contributed by atoms with E-state index in [4.69, 9.17) is 15.1 Å². The van der Waals surface area contributed by atoms with Crippen molar-refractivity contribution >= 4 is 23.7 Å². The third-order valence-corrected chi connectivity index (χ3v) is 3.07. The normalized spacial score (nSPS) is 11.7. The van der Waals surface area contributed by atoms with Gasteiger partial charge in [-0.05, 0) is 38.1 Å². The summed E-state index contributed by atoms with van der Waals surface area (Å²) < 4.78 is 0. The first kappa shape index (κ1) is 25.1.